The zero-order valence-electron chi connectivity index (χ0n) is 11.8. The van der Waals surface area contributed by atoms with Gasteiger partial charge in [-0.2, -0.15) is 0 Å². The van der Waals surface area contributed by atoms with Crippen molar-refractivity contribution in [3.8, 4) is 0 Å². The van der Waals surface area contributed by atoms with Crippen molar-refractivity contribution in [3.05, 3.63) is 37.0 Å². The quantitative estimate of drug-likeness (QED) is 0.417. The van der Waals surface area contributed by atoms with Crippen LogP contribution in [0.5, 0.6) is 0 Å². The molecule has 2 atom stereocenters. The maximum atomic E-state index is 11.8. The number of carbonyl (C=O) groups excluding carboxylic acids is 1. The largest absolute Gasteiger partial charge is 0.455 e. The van der Waals surface area contributed by atoms with E-state index in [1.807, 2.05) is 6.08 Å². The molecule has 100 valence electrons. The van der Waals surface area contributed by atoms with Gasteiger partial charge in [-0.25, -0.2) is 4.79 Å². The van der Waals surface area contributed by atoms with Crippen molar-refractivity contribution in [2.45, 2.75) is 45.6 Å². The minimum Gasteiger partial charge on any atom is -0.455 e. The van der Waals surface area contributed by atoms with Crippen molar-refractivity contribution >= 4 is 5.97 Å². The fraction of sp³-hybridized carbons (Fsp3) is 0.562. The van der Waals surface area contributed by atoms with Gasteiger partial charge < -0.3 is 4.74 Å². The minimum absolute atomic E-state index is 0.284. The molecule has 1 saturated carbocycles. The summed E-state index contributed by atoms with van der Waals surface area (Å²) in [5.41, 5.74) is 1.14. The van der Waals surface area contributed by atoms with Gasteiger partial charge in [0.15, 0.2) is 0 Å². The first kappa shape index (κ1) is 14.7. The van der Waals surface area contributed by atoms with Crippen LogP contribution in [-0.2, 0) is 9.53 Å². The van der Waals surface area contributed by atoms with E-state index in [1.165, 1.54) is 0 Å². The lowest BCUT2D eigenvalue weighted by Gasteiger charge is -2.33. The molecule has 18 heavy (non-hydrogen) atoms. The first-order valence-corrected chi connectivity index (χ1v) is 6.52. The molecule has 0 radical (unpaired) electrons. The van der Waals surface area contributed by atoms with Crippen LogP contribution in [0, 0.1) is 11.8 Å². The Morgan fingerprint density at radius 2 is 2.06 bits per heavy atom. The zero-order valence-corrected chi connectivity index (χ0v) is 11.8. The molecule has 1 rings (SSSR count). The van der Waals surface area contributed by atoms with E-state index in [4.69, 9.17) is 4.74 Å². The molecule has 0 aromatic carbocycles. The smallest absolute Gasteiger partial charge is 0.333 e. The maximum absolute atomic E-state index is 11.8. The number of ether oxygens (including phenoxy) is 1. The number of carbonyl (C=O) groups is 1. The Hall–Kier alpha value is -1.31. The van der Waals surface area contributed by atoms with Gasteiger partial charge in [-0.15, -0.1) is 0 Å². The Morgan fingerprint density at radius 1 is 1.44 bits per heavy atom. The first-order valence-electron chi connectivity index (χ1n) is 6.52. The predicted molar refractivity (Wildman–Crippen MR) is 75.2 cm³/mol. The van der Waals surface area contributed by atoms with E-state index in [2.05, 4.69) is 33.6 Å². The summed E-state index contributed by atoms with van der Waals surface area (Å²) in [6.45, 7) is 17.3. The zero-order chi connectivity index (χ0) is 13.9. The van der Waals surface area contributed by atoms with Crippen LogP contribution in [0.25, 0.3) is 0 Å². The van der Waals surface area contributed by atoms with Crippen LogP contribution in [0.2, 0.25) is 0 Å². The molecule has 2 heteroatoms. The highest BCUT2D eigenvalue weighted by atomic mass is 16.6. The molecule has 2 nitrogen and oxygen atoms in total. The summed E-state index contributed by atoms with van der Waals surface area (Å²) >= 11 is 0. The van der Waals surface area contributed by atoms with Crippen molar-refractivity contribution < 1.29 is 9.53 Å². The van der Waals surface area contributed by atoms with E-state index in [0.29, 0.717) is 17.4 Å². The van der Waals surface area contributed by atoms with Crippen molar-refractivity contribution in [1.29, 1.82) is 0 Å². The van der Waals surface area contributed by atoms with E-state index in [1.54, 1.807) is 6.92 Å². The summed E-state index contributed by atoms with van der Waals surface area (Å²) in [6, 6.07) is 0. The van der Waals surface area contributed by atoms with Gasteiger partial charge in [-0.05, 0) is 38.0 Å². The molecule has 0 heterocycles. The standard InChI is InChI=1S/C16H24O2/c1-7-13(6)14-8-9-16(10-14,12(4)5)18-15(17)11(2)3/h7,12,14H,1-2,6,8-10H2,3-5H3. The van der Waals surface area contributed by atoms with E-state index in [-0.39, 0.29) is 11.6 Å². The molecule has 1 fully saturated rings. The average molecular weight is 248 g/mol. The lowest BCUT2D eigenvalue weighted by atomic mass is 9.86. The topological polar surface area (TPSA) is 26.3 Å². The summed E-state index contributed by atoms with van der Waals surface area (Å²) < 4.78 is 5.73. The van der Waals surface area contributed by atoms with Crippen LogP contribution in [-0.4, -0.2) is 11.6 Å². The number of hydrogen-bond donors (Lipinski definition) is 0. The fourth-order valence-corrected chi connectivity index (χ4v) is 2.53. The summed E-state index contributed by atoms with van der Waals surface area (Å²) in [7, 11) is 0. The third-order valence-electron chi connectivity index (χ3n) is 3.99. The number of allylic oxidation sites excluding steroid dienone is 2. The van der Waals surface area contributed by atoms with Gasteiger partial charge in [0.2, 0.25) is 0 Å². The number of hydrogen-bond acceptors (Lipinski definition) is 2. The fourth-order valence-electron chi connectivity index (χ4n) is 2.53. The first-order chi connectivity index (χ1) is 8.32. The van der Waals surface area contributed by atoms with Crippen molar-refractivity contribution in [3.63, 3.8) is 0 Å². The molecule has 0 aromatic rings. The van der Waals surface area contributed by atoms with E-state index >= 15 is 0 Å². The summed E-state index contributed by atoms with van der Waals surface area (Å²) in [5, 5.41) is 0. The van der Waals surface area contributed by atoms with Crippen LogP contribution < -0.4 is 0 Å². The van der Waals surface area contributed by atoms with Gasteiger partial charge in [0, 0.05) is 5.57 Å². The molecule has 1 aliphatic rings. The van der Waals surface area contributed by atoms with Crippen molar-refractivity contribution in [2.24, 2.45) is 11.8 Å². The summed E-state index contributed by atoms with van der Waals surface area (Å²) in [6.07, 6.45) is 4.55. The van der Waals surface area contributed by atoms with E-state index in [0.717, 1.165) is 24.8 Å². The van der Waals surface area contributed by atoms with E-state index < -0.39 is 0 Å². The number of rotatable bonds is 5. The predicted octanol–water partition coefficient (Wildman–Crippen LogP) is 4.04. The van der Waals surface area contributed by atoms with Crippen molar-refractivity contribution in [1.82, 2.24) is 0 Å². The molecule has 0 N–H and O–H groups in total. The Balaban J connectivity index is 2.85. The Kier molecular flexibility index (Phi) is 4.55. The molecule has 2 unspecified atom stereocenters. The van der Waals surface area contributed by atoms with Gasteiger partial charge >= 0.3 is 5.97 Å². The van der Waals surface area contributed by atoms with Gasteiger partial charge in [0.25, 0.3) is 0 Å². The Bertz CT molecular complexity index is 379. The number of esters is 1. The lowest BCUT2D eigenvalue weighted by molar-refractivity contribution is -0.159. The van der Waals surface area contributed by atoms with Crippen LogP contribution >= 0.6 is 0 Å². The molecule has 0 aliphatic heterocycles. The van der Waals surface area contributed by atoms with Crippen LogP contribution in [0.4, 0.5) is 0 Å². The highest BCUT2D eigenvalue weighted by Crippen LogP contribution is 2.45. The molecule has 0 spiro atoms. The highest BCUT2D eigenvalue weighted by Gasteiger charge is 2.45. The molecule has 1 aliphatic carbocycles. The molecule has 0 bridgehead atoms. The van der Waals surface area contributed by atoms with Gasteiger partial charge in [0.05, 0.1) is 0 Å². The maximum Gasteiger partial charge on any atom is 0.333 e. The van der Waals surface area contributed by atoms with Gasteiger partial charge in [0.1, 0.15) is 5.60 Å². The normalized spacial score (nSPS) is 27.0. The minimum atomic E-state index is -0.368. The van der Waals surface area contributed by atoms with Crippen LogP contribution in [0.3, 0.4) is 0 Å². The monoisotopic (exact) mass is 248 g/mol. The van der Waals surface area contributed by atoms with Gasteiger partial charge in [-0.3, -0.25) is 0 Å². The summed E-state index contributed by atoms with van der Waals surface area (Å²) in [5.74, 6) is 0.389. The summed E-state index contributed by atoms with van der Waals surface area (Å²) in [4.78, 5) is 11.8. The van der Waals surface area contributed by atoms with E-state index in [9.17, 15) is 4.79 Å². The lowest BCUT2D eigenvalue weighted by Crippen LogP contribution is -2.38. The van der Waals surface area contributed by atoms with Crippen molar-refractivity contribution in [2.75, 3.05) is 0 Å². The molecule has 0 amide bonds. The second-order valence-corrected chi connectivity index (χ2v) is 5.61. The average Bonchev–Trinajstić information content (AvgIpc) is 2.73. The van der Waals surface area contributed by atoms with Crippen LogP contribution in [0.1, 0.15) is 40.0 Å². The SMILES string of the molecule is C=CC(=C)C1CCC(OC(=O)C(=C)C)(C(C)C)C1. The highest BCUT2D eigenvalue weighted by molar-refractivity contribution is 5.87. The molecular weight excluding hydrogens is 224 g/mol. The Labute approximate surface area is 110 Å². The Morgan fingerprint density at radius 3 is 2.50 bits per heavy atom. The molecular formula is C16H24O2. The van der Waals surface area contributed by atoms with Crippen LogP contribution in [0.15, 0.2) is 37.0 Å². The molecule has 0 saturated heterocycles. The molecule has 0 aromatic heterocycles. The second-order valence-electron chi connectivity index (χ2n) is 5.61. The van der Waals surface area contributed by atoms with Gasteiger partial charge in [-0.1, -0.05) is 45.2 Å². The second kappa shape index (κ2) is 5.55. The third-order valence-corrected chi connectivity index (χ3v) is 3.99. The third kappa shape index (κ3) is 2.92.